The average molecular weight is 2570 g/mol. The summed E-state index contributed by atoms with van der Waals surface area (Å²) in [6.07, 6.45) is 16.3. The second kappa shape index (κ2) is 54.3. The normalized spacial score (nSPS) is 11.5. The van der Waals surface area contributed by atoms with E-state index in [9.17, 15) is 14.7 Å². The Bertz CT molecular complexity index is 6840. The van der Waals surface area contributed by atoms with Gasteiger partial charge in [-0.2, -0.15) is 0 Å². The maximum absolute atomic E-state index is 11.5. The number of rotatable bonds is 22. The van der Waals surface area contributed by atoms with E-state index >= 15 is 0 Å². The number of nitrogens with zero attached hydrogens (tertiary/aromatic N) is 5. The van der Waals surface area contributed by atoms with Crippen molar-refractivity contribution < 1.29 is 106 Å². The van der Waals surface area contributed by atoms with Gasteiger partial charge < -0.3 is 24.9 Å². The molecule has 0 amide bonds. The van der Waals surface area contributed by atoms with Crippen molar-refractivity contribution >= 4 is 54.9 Å². The largest absolute Gasteiger partial charge is 0.513 e. The van der Waals surface area contributed by atoms with Gasteiger partial charge in [-0.15, -0.1) is 130 Å². The Balaban J connectivity index is 0.000000236. The summed E-state index contributed by atoms with van der Waals surface area (Å²) in [7, 11) is 0. The minimum Gasteiger partial charge on any atom is -0.513 e. The third-order valence-electron chi connectivity index (χ3n) is 24.2. The van der Waals surface area contributed by atoms with Crippen LogP contribution in [0.3, 0.4) is 0 Å². The van der Waals surface area contributed by atoms with E-state index in [0.717, 1.165) is 124 Å². The van der Waals surface area contributed by atoms with E-state index in [1.54, 1.807) is 0 Å². The predicted molar refractivity (Wildman–Crippen MR) is 574 cm³/mol. The number of aliphatic hydroxyl groups excluding tert-OH is 2. The molecule has 0 aliphatic carbocycles. The van der Waals surface area contributed by atoms with Crippen molar-refractivity contribution in [1.82, 2.24) is 24.9 Å². The van der Waals surface area contributed by atoms with E-state index in [4.69, 9.17) is 34.8 Å². The van der Waals surface area contributed by atoms with Gasteiger partial charge in [0.05, 0.1) is 34.8 Å². The van der Waals surface area contributed by atoms with Crippen LogP contribution >= 0.6 is 0 Å². The molecule has 3 radical (unpaired) electrons. The molecule has 16 rings (SSSR count). The van der Waals surface area contributed by atoms with Gasteiger partial charge in [0.15, 0.2) is 11.6 Å². The van der Waals surface area contributed by atoms with E-state index < -0.39 is 5.41 Å². The fraction of sp³-hybridized carbons (Fsp3) is 0.294. The molecule has 0 saturated heterocycles. The molecule has 1 atom stereocenters. The number of ether oxygens (including phenoxy) is 1. The Kier molecular flexibility index (Phi) is 45.0. The van der Waals surface area contributed by atoms with Gasteiger partial charge in [-0.3, -0.25) is 24.5 Å². The van der Waals surface area contributed by atoms with Crippen molar-refractivity contribution in [1.29, 1.82) is 0 Å². The molecular weight excluding hydrogens is 2440 g/mol. The number of hydrogen-bond acceptors (Lipinski definition) is 10. The number of carbonyl (C=O) groups is 2. The molecule has 0 fully saturated rings. The van der Waals surface area contributed by atoms with Gasteiger partial charge >= 0.3 is 0 Å². The first-order valence-electron chi connectivity index (χ1n) is 48.3. The van der Waals surface area contributed by atoms with Crippen molar-refractivity contribution in [3.8, 4) is 95.4 Å². The summed E-state index contributed by atoms with van der Waals surface area (Å²) < 4.78 is 5.78. The van der Waals surface area contributed by atoms with Crippen LogP contribution < -0.4 is 4.74 Å². The number of pyridine rings is 3. The number of benzene rings is 12. The van der Waals surface area contributed by atoms with E-state index in [1.807, 2.05) is 96.4 Å². The van der Waals surface area contributed by atoms with Crippen molar-refractivity contribution in [3.63, 3.8) is 0 Å². The zero-order valence-corrected chi connectivity index (χ0v) is 95.3. The van der Waals surface area contributed by atoms with Crippen molar-refractivity contribution in [2.75, 3.05) is 6.61 Å². The number of para-hydroxylation sites is 1. The molecule has 10 nitrogen and oxygen atoms in total. The summed E-state index contributed by atoms with van der Waals surface area (Å²) >= 11 is 0. The first-order chi connectivity index (χ1) is 64.9. The van der Waals surface area contributed by atoms with Crippen LogP contribution in [0.1, 0.15) is 223 Å². The van der Waals surface area contributed by atoms with Crippen LogP contribution in [-0.4, -0.2) is 53.3 Å². The fourth-order valence-electron chi connectivity index (χ4n) is 16.5. The summed E-state index contributed by atoms with van der Waals surface area (Å²) in [4.78, 5) is 46.1. The summed E-state index contributed by atoms with van der Waals surface area (Å²) in [5.74, 6) is 1.28. The molecule has 0 aliphatic rings. The number of unbranched alkanes of at least 4 members (excludes halogenated alkanes) is 2. The van der Waals surface area contributed by atoms with Crippen LogP contribution in [0.25, 0.3) is 133 Å². The second-order valence-corrected chi connectivity index (χ2v) is 38.9. The molecule has 0 spiro atoms. The molecule has 2 N–H and O–H groups in total. The van der Waals surface area contributed by atoms with Gasteiger partial charge in [0, 0.05) is 139 Å². The first kappa shape index (κ1) is 116. The minimum atomic E-state index is -0.417. The molecule has 1 unspecified atom stereocenters. The Morgan fingerprint density at radius 1 is 0.457 bits per heavy atom. The molecule has 4 aromatic heterocycles. The maximum Gasteiger partial charge on any atom is 0.164 e. The van der Waals surface area contributed by atoms with Gasteiger partial charge in [0.25, 0.3) is 0 Å². The number of aryl methyl sites for hydroxylation is 9. The van der Waals surface area contributed by atoms with Gasteiger partial charge in [-0.05, 0) is 228 Å². The topological polar surface area (TPSA) is 148 Å². The van der Waals surface area contributed by atoms with Crippen molar-refractivity contribution in [2.24, 2.45) is 10.8 Å². The molecule has 0 bridgehead atoms. The zero-order chi connectivity index (χ0) is 98.1. The number of hydrogen-bond donors (Lipinski definition) is 2. The van der Waals surface area contributed by atoms with Gasteiger partial charge in [0.2, 0.25) is 0 Å². The van der Waals surface area contributed by atoms with Crippen LogP contribution in [0.4, 0.5) is 0 Å². The molecule has 4 heterocycles. The third kappa shape index (κ3) is 32.0. The molecule has 12 aromatic carbocycles. The number of carbonyl (C=O) groups excluding carboxylic acids is 2. The second-order valence-electron chi connectivity index (χ2n) is 38.9. The summed E-state index contributed by atoms with van der Waals surface area (Å²) in [5.41, 5.74) is 32.9. The van der Waals surface area contributed by atoms with Crippen LogP contribution in [0.15, 0.2) is 285 Å². The molecule has 16 aromatic rings. The van der Waals surface area contributed by atoms with E-state index in [-0.39, 0.29) is 115 Å². The third-order valence-corrected chi connectivity index (χ3v) is 24.2. The number of aromatic nitrogens is 5. The van der Waals surface area contributed by atoms with Gasteiger partial charge in [-0.25, -0.2) is 0 Å². The predicted octanol–water partition coefficient (Wildman–Crippen LogP) is 33.7. The Labute approximate surface area is 889 Å². The monoisotopic (exact) mass is 2570 g/mol. The molecule has 737 valence electrons. The van der Waals surface area contributed by atoms with E-state index in [0.29, 0.717) is 12.5 Å². The fourth-order valence-corrected chi connectivity index (χ4v) is 16.5. The molecule has 0 saturated carbocycles. The number of aliphatic hydroxyl groups is 2. The number of ketones is 2. The van der Waals surface area contributed by atoms with Gasteiger partial charge in [0.1, 0.15) is 5.76 Å². The Morgan fingerprint density at radius 2 is 1.05 bits per heavy atom. The summed E-state index contributed by atoms with van der Waals surface area (Å²) in [6.45, 7) is 47.8. The van der Waals surface area contributed by atoms with Crippen LogP contribution in [-0.2, 0) is 116 Å². The molecule has 0 aliphatic heterocycles. The van der Waals surface area contributed by atoms with E-state index in [1.165, 1.54) is 160 Å². The van der Waals surface area contributed by atoms with Gasteiger partial charge in [-0.1, -0.05) is 299 Å². The standard InChI is InChI=1S/C30H32N.C29H30N.C28H22NO.C23H25N2.C11H20O2.C5H8O2.3Ir.Pt/c1-6-8-9-24-10-13-25(14-11-24)28-19-27(30-21(4)16-20(3)17-22(30)5)26-15-12-23(7-2)18-29(26)31-28;1-6-20(2)24-17-25(19-26(18-24)29(3,4)5)28-27-13-12-22(16-23(27)14-15-30-28)21-10-8-7-9-11-21;1-2-16-30-24-11-7-10-23(18-24)28-19-26(25-12-5-6-13-27(25)29-28)22-15-14-20-8-3-4-9-21(20)17-22;1-5-6-12-20-15-24-22(19-10-8-7-9-11-19)23(25-20)21-17(3)13-16(2)14-18(21)4;1-10(2,3)8(12)7-9(13)11(4,5)6;1-4(6)3-5(2)7;;;;/h10-13,15-19H,6-9H2,1-5H3;7-16,18-20H,6H2,1-5H3;3-15,17,19H,2,16H2,1H3;7-10,13-15H,5-6,12H2,1-4H3;7,12H,1-6H3;3,6H,1-2H3;;;;/q4*-1;;;;;;. The minimum absolute atomic E-state index is 0. The van der Waals surface area contributed by atoms with Crippen molar-refractivity contribution in [3.05, 3.63) is 370 Å². The molecule has 140 heavy (non-hydrogen) atoms. The number of allylic oxidation sites excluding steroid dienone is 4. The molecular formula is C126H137Ir3N5O5Pt-4. The van der Waals surface area contributed by atoms with E-state index in [2.05, 4.69) is 334 Å². The van der Waals surface area contributed by atoms with Crippen molar-refractivity contribution in [2.45, 2.75) is 228 Å². The summed E-state index contributed by atoms with van der Waals surface area (Å²) in [5, 5.41) is 25.2. The molecule has 14 heteroatoms. The average Bonchev–Trinajstić information content (AvgIpc) is 0.787. The Hall–Kier alpha value is -10.9. The van der Waals surface area contributed by atoms with Crippen LogP contribution in [0, 0.1) is 76.6 Å². The zero-order valence-electron chi connectivity index (χ0n) is 85.8. The maximum atomic E-state index is 11.5. The quantitative estimate of drug-likeness (QED) is 0.0382. The smallest absolute Gasteiger partial charge is 0.164 e. The Morgan fingerprint density at radius 3 is 1.66 bits per heavy atom. The van der Waals surface area contributed by atoms with Crippen LogP contribution in [0.2, 0.25) is 0 Å². The first-order valence-corrected chi connectivity index (χ1v) is 48.3. The SMILES string of the molecule is CC(=O)C=C(C)O.CC(C)(C)C(=O)C=C(O)C(C)(C)C.CCC(C)c1[c-]c(-c2nccc3cc(-c4ccccc4)ccc23)cc(C(C)(C)C)c1.CCCCc1c[c-]c(-c2cc(-c3c(C)cc(C)cc3C)c3ccc(CC)cc3n2)cc1.CCCCc1cnc(-c2[c-]cccc2)c(-c2c(C)cc(C)cc2C)n1.CCCOc1[c-]c(-c2cc(-c3ccc4ccccc4c3)c3ccccc3n2)ccc1.[Ir].[Ir].[Ir].[Pt]. The number of fused-ring (bicyclic) bond motifs is 4. The van der Waals surface area contributed by atoms with Crippen LogP contribution in [0.5, 0.6) is 5.75 Å². The summed E-state index contributed by atoms with van der Waals surface area (Å²) in [6, 6.07) is 102.